The third-order valence-electron chi connectivity index (χ3n) is 4.99. The molecule has 6 nitrogen and oxygen atoms in total. The number of nitrogens with one attached hydrogen (secondary N) is 2. The summed E-state index contributed by atoms with van der Waals surface area (Å²) < 4.78 is 0. The first-order chi connectivity index (χ1) is 11.8. The van der Waals surface area contributed by atoms with Crippen molar-refractivity contribution in [2.45, 2.75) is 91.6 Å². The summed E-state index contributed by atoms with van der Waals surface area (Å²) in [6.45, 7) is 11.1. The molecule has 0 heterocycles. The van der Waals surface area contributed by atoms with Gasteiger partial charge in [-0.25, -0.2) is 4.79 Å². The topological polar surface area (TPSA) is 95.5 Å². The minimum Gasteiger partial charge on any atom is -0.481 e. The highest BCUT2D eigenvalue weighted by Crippen LogP contribution is 2.32. The number of carboxylic acids is 1. The van der Waals surface area contributed by atoms with Gasteiger partial charge in [-0.05, 0) is 44.9 Å². The Balaban J connectivity index is 2.93. The van der Waals surface area contributed by atoms with Gasteiger partial charge in [0.05, 0.1) is 12.0 Å². The van der Waals surface area contributed by atoms with Crippen molar-refractivity contribution in [1.82, 2.24) is 10.6 Å². The maximum Gasteiger partial charge on any atom is 0.315 e. The average molecular weight is 369 g/mol. The number of carbonyl (C=O) groups is 3. The second kappa shape index (κ2) is 8.87. The van der Waals surface area contributed by atoms with E-state index >= 15 is 0 Å². The zero-order valence-electron chi connectivity index (χ0n) is 17.1. The molecule has 1 fully saturated rings. The molecular formula is C20H36N2O4. The molecule has 0 aliphatic heterocycles. The summed E-state index contributed by atoms with van der Waals surface area (Å²) in [4.78, 5) is 37.0. The third-order valence-corrected chi connectivity index (χ3v) is 4.99. The van der Waals surface area contributed by atoms with E-state index in [4.69, 9.17) is 0 Å². The molecule has 2 atom stereocenters. The fourth-order valence-electron chi connectivity index (χ4n) is 3.54. The number of Topliss-reactive ketones (excluding diaryl/α,β-unsaturated/α-hetero) is 1. The second-order valence-electron chi connectivity index (χ2n) is 9.65. The minimum atomic E-state index is -0.965. The van der Waals surface area contributed by atoms with Gasteiger partial charge in [0.15, 0.2) is 5.78 Å². The monoisotopic (exact) mass is 368 g/mol. The standard InChI is InChI=1S/C20H36N2O4/c1-19(2,3)14(17(24)25)12-15(23)16(13-10-8-7-9-11-13)21-18(26)22-20(4,5)6/h13-14,16H,7-12H2,1-6H3,(H,24,25)(H2,21,22,26)/t14-,16+/m1/s1. The lowest BCUT2D eigenvalue weighted by Crippen LogP contribution is -2.54. The lowest BCUT2D eigenvalue weighted by molar-refractivity contribution is -0.148. The molecule has 1 aliphatic carbocycles. The summed E-state index contributed by atoms with van der Waals surface area (Å²) in [6, 6.07) is -0.995. The molecule has 1 rings (SSSR count). The normalized spacial score (nSPS) is 18.7. The van der Waals surface area contributed by atoms with Gasteiger partial charge in [0.25, 0.3) is 0 Å². The number of amides is 2. The Hall–Kier alpha value is -1.59. The molecule has 0 unspecified atom stereocenters. The van der Waals surface area contributed by atoms with E-state index in [1.54, 1.807) is 0 Å². The fourth-order valence-corrected chi connectivity index (χ4v) is 3.54. The van der Waals surface area contributed by atoms with Gasteiger partial charge in [0, 0.05) is 12.0 Å². The van der Waals surface area contributed by atoms with Crippen LogP contribution in [0.3, 0.4) is 0 Å². The highest BCUT2D eigenvalue weighted by molar-refractivity contribution is 5.91. The van der Waals surface area contributed by atoms with Crippen LogP contribution in [0.2, 0.25) is 0 Å². The van der Waals surface area contributed by atoms with Crippen LogP contribution in [0.4, 0.5) is 4.79 Å². The molecule has 1 saturated carbocycles. The van der Waals surface area contributed by atoms with Gasteiger partial charge in [-0.3, -0.25) is 9.59 Å². The number of carboxylic acid groups (broad SMARTS) is 1. The van der Waals surface area contributed by atoms with Gasteiger partial charge >= 0.3 is 12.0 Å². The van der Waals surface area contributed by atoms with Gasteiger partial charge in [-0.2, -0.15) is 0 Å². The van der Waals surface area contributed by atoms with E-state index in [1.165, 1.54) is 0 Å². The largest absolute Gasteiger partial charge is 0.481 e. The first-order valence-electron chi connectivity index (χ1n) is 9.65. The number of carbonyl (C=O) groups excluding carboxylic acids is 2. The summed E-state index contributed by atoms with van der Waals surface area (Å²) in [5.74, 6) is -1.83. The molecule has 0 radical (unpaired) electrons. The van der Waals surface area contributed by atoms with Gasteiger partial charge in [0.1, 0.15) is 0 Å². The summed E-state index contributed by atoms with van der Waals surface area (Å²) >= 11 is 0. The quantitative estimate of drug-likeness (QED) is 0.665. The molecule has 6 heteroatoms. The van der Waals surface area contributed by atoms with E-state index in [1.807, 2.05) is 41.5 Å². The molecule has 1 aliphatic rings. The van der Waals surface area contributed by atoms with Crippen LogP contribution < -0.4 is 10.6 Å². The minimum absolute atomic E-state index is 0.0597. The Morgan fingerprint density at radius 2 is 1.54 bits per heavy atom. The maximum atomic E-state index is 13.0. The van der Waals surface area contributed by atoms with Crippen LogP contribution in [-0.4, -0.2) is 34.5 Å². The third kappa shape index (κ3) is 7.34. The first-order valence-corrected chi connectivity index (χ1v) is 9.65. The molecule has 0 aromatic rings. The van der Waals surface area contributed by atoms with Gasteiger partial charge in [-0.1, -0.05) is 40.0 Å². The van der Waals surface area contributed by atoms with Gasteiger partial charge in [-0.15, -0.1) is 0 Å². The van der Waals surface area contributed by atoms with Crippen molar-refractivity contribution in [3.63, 3.8) is 0 Å². The number of rotatable bonds is 6. The number of hydrogen-bond donors (Lipinski definition) is 3. The maximum absolute atomic E-state index is 13.0. The Labute approximate surface area is 157 Å². The van der Waals surface area contributed by atoms with Crippen LogP contribution in [-0.2, 0) is 9.59 Å². The molecule has 3 N–H and O–H groups in total. The Morgan fingerprint density at radius 1 is 1.00 bits per heavy atom. The molecule has 0 aromatic carbocycles. The summed E-state index contributed by atoms with van der Waals surface area (Å²) in [7, 11) is 0. The predicted octanol–water partition coefficient (Wildman–Crippen LogP) is 3.74. The fraction of sp³-hybridized carbons (Fsp3) is 0.850. The van der Waals surface area contributed by atoms with Crippen LogP contribution in [0.5, 0.6) is 0 Å². The number of aliphatic carboxylic acids is 1. The van der Waals surface area contributed by atoms with Crippen molar-refractivity contribution in [1.29, 1.82) is 0 Å². The van der Waals surface area contributed by atoms with Crippen molar-refractivity contribution in [3.05, 3.63) is 0 Å². The lowest BCUT2D eigenvalue weighted by Gasteiger charge is -2.33. The van der Waals surface area contributed by atoms with Crippen LogP contribution in [0, 0.1) is 17.3 Å². The highest BCUT2D eigenvalue weighted by Gasteiger charge is 2.38. The molecule has 0 bridgehead atoms. The molecule has 150 valence electrons. The highest BCUT2D eigenvalue weighted by atomic mass is 16.4. The molecular weight excluding hydrogens is 332 g/mol. The van der Waals surface area contributed by atoms with E-state index in [0.717, 1.165) is 32.1 Å². The van der Waals surface area contributed by atoms with Crippen LogP contribution in [0.1, 0.15) is 80.1 Å². The Morgan fingerprint density at radius 3 is 1.96 bits per heavy atom. The van der Waals surface area contributed by atoms with Crippen molar-refractivity contribution in [2.24, 2.45) is 17.3 Å². The Bertz CT molecular complexity index is 511. The van der Waals surface area contributed by atoms with Gasteiger partial charge in [0.2, 0.25) is 0 Å². The number of hydrogen-bond acceptors (Lipinski definition) is 3. The number of ketones is 1. The Kier molecular flexibility index (Phi) is 7.66. The number of urea groups is 1. The van der Waals surface area contributed by atoms with E-state index in [-0.39, 0.29) is 24.2 Å². The van der Waals surface area contributed by atoms with E-state index in [0.29, 0.717) is 0 Å². The molecule has 0 saturated heterocycles. The molecule has 0 aromatic heterocycles. The van der Waals surface area contributed by atoms with Crippen molar-refractivity contribution in [3.8, 4) is 0 Å². The molecule has 2 amide bonds. The van der Waals surface area contributed by atoms with Crippen LogP contribution in [0.15, 0.2) is 0 Å². The zero-order chi connectivity index (χ0) is 20.1. The van der Waals surface area contributed by atoms with Crippen molar-refractivity contribution < 1.29 is 19.5 Å². The van der Waals surface area contributed by atoms with Crippen LogP contribution in [0.25, 0.3) is 0 Å². The van der Waals surface area contributed by atoms with Crippen LogP contribution >= 0.6 is 0 Å². The first kappa shape index (κ1) is 22.5. The zero-order valence-corrected chi connectivity index (χ0v) is 17.1. The van der Waals surface area contributed by atoms with Crippen molar-refractivity contribution >= 4 is 17.8 Å². The van der Waals surface area contributed by atoms with E-state index < -0.39 is 28.9 Å². The predicted molar refractivity (Wildman–Crippen MR) is 102 cm³/mol. The van der Waals surface area contributed by atoms with E-state index in [2.05, 4.69) is 10.6 Å². The SMILES string of the molecule is CC(C)(C)NC(=O)N[C@H](C(=O)C[C@H](C(=O)O)C(C)(C)C)C1CCCCC1. The molecule has 26 heavy (non-hydrogen) atoms. The molecule has 0 spiro atoms. The second-order valence-corrected chi connectivity index (χ2v) is 9.65. The summed E-state index contributed by atoms with van der Waals surface area (Å²) in [5, 5.41) is 15.2. The summed E-state index contributed by atoms with van der Waals surface area (Å²) in [5.41, 5.74) is -0.925. The summed E-state index contributed by atoms with van der Waals surface area (Å²) in [6.07, 6.45) is 4.94. The van der Waals surface area contributed by atoms with E-state index in [9.17, 15) is 19.5 Å². The smallest absolute Gasteiger partial charge is 0.315 e. The van der Waals surface area contributed by atoms with Crippen molar-refractivity contribution in [2.75, 3.05) is 0 Å². The lowest BCUT2D eigenvalue weighted by atomic mass is 9.75. The average Bonchev–Trinajstić information content (AvgIpc) is 2.47. The van der Waals surface area contributed by atoms with Gasteiger partial charge < -0.3 is 15.7 Å².